The van der Waals surface area contributed by atoms with Crippen molar-refractivity contribution in [3.63, 3.8) is 0 Å². The molecular weight excluding hydrogens is 319 g/mol. The summed E-state index contributed by atoms with van der Waals surface area (Å²) < 4.78 is 38.2. The number of carbonyl (C=O) groups excluding carboxylic acids is 1. The van der Waals surface area contributed by atoms with Gasteiger partial charge in [-0.3, -0.25) is 4.79 Å². The molecule has 0 aliphatic rings. The highest BCUT2D eigenvalue weighted by Gasteiger charge is 2.36. The van der Waals surface area contributed by atoms with Gasteiger partial charge in [0.1, 0.15) is 0 Å². The number of carbonyl (C=O) groups is 2. The van der Waals surface area contributed by atoms with Gasteiger partial charge in [-0.05, 0) is 12.1 Å². The molecule has 1 aromatic rings. The van der Waals surface area contributed by atoms with Crippen LogP contribution in [-0.4, -0.2) is 17.0 Å². The van der Waals surface area contributed by atoms with Crippen molar-refractivity contribution in [3.8, 4) is 0 Å². The number of nitrogens with one attached hydrogen (secondary N) is 1. The van der Waals surface area contributed by atoms with Gasteiger partial charge in [-0.1, -0.05) is 15.9 Å². The number of carboxylic acid groups (broad SMARTS) is 1. The topological polar surface area (TPSA) is 66.4 Å². The van der Waals surface area contributed by atoms with Crippen molar-refractivity contribution in [3.05, 3.63) is 27.7 Å². The summed E-state index contributed by atoms with van der Waals surface area (Å²) in [5, 5.41) is 10.8. The lowest BCUT2D eigenvalue weighted by Gasteiger charge is -2.16. The summed E-state index contributed by atoms with van der Waals surface area (Å²) in [7, 11) is 0. The average Bonchev–Trinajstić information content (AvgIpc) is 2.17. The zero-order valence-corrected chi connectivity index (χ0v) is 10.5. The third-order valence-corrected chi connectivity index (χ3v) is 2.40. The van der Waals surface area contributed by atoms with Crippen LogP contribution >= 0.6 is 15.9 Å². The maximum absolute atomic E-state index is 12.8. The lowest BCUT2D eigenvalue weighted by atomic mass is 10.1. The molecule has 0 unspecified atom stereocenters. The van der Waals surface area contributed by atoms with Crippen LogP contribution in [0, 0.1) is 0 Å². The fourth-order valence-corrected chi connectivity index (χ4v) is 1.77. The van der Waals surface area contributed by atoms with E-state index < -0.39 is 34.9 Å². The fourth-order valence-electron chi connectivity index (χ4n) is 1.31. The zero-order valence-electron chi connectivity index (χ0n) is 8.93. The van der Waals surface area contributed by atoms with Crippen LogP contribution in [0.15, 0.2) is 16.6 Å². The first-order valence-electron chi connectivity index (χ1n) is 4.54. The summed E-state index contributed by atoms with van der Waals surface area (Å²) in [6.45, 7) is 0.994. The van der Waals surface area contributed by atoms with Gasteiger partial charge in [0, 0.05) is 11.4 Å². The predicted octanol–water partition coefficient (Wildman–Crippen LogP) is 3.12. The van der Waals surface area contributed by atoms with E-state index in [9.17, 15) is 22.8 Å². The molecule has 1 rings (SSSR count). The number of amides is 1. The molecule has 0 aliphatic heterocycles. The van der Waals surface area contributed by atoms with E-state index in [1.165, 1.54) is 0 Å². The summed E-state index contributed by atoms with van der Waals surface area (Å²) in [5.41, 5.74) is -2.61. The Morgan fingerprint density at radius 2 is 1.89 bits per heavy atom. The number of hydrogen-bond acceptors (Lipinski definition) is 2. The SMILES string of the molecule is CC(=O)Nc1c(C(=O)O)cc(Br)cc1C(F)(F)F. The molecule has 18 heavy (non-hydrogen) atoms. The summed E-state index contributed by atoms with van der Waals surface area (Å²) in [4.78, 5) is 21.8. The molecule has 98 valence electrons. The Bertz CT molecular complexity index is 514. The monoisotopic (exact) mass is 325 g/mol. The number of benzene rings is 1. The lowest BCUT2D eigenvalue weighted by Crippen LogP contribution is -2.17. The standard InChI is InChI=1S/C10H7BrF3NO3/c1-4(16)15-8-6(9(17)18)2-5(11)3-7(8)10(12,13)14/h2-3H,1H3,(H,15,16)(H,17,18). The molecule has 0 aromatic heterocycles. The second-order valence-electron chi connectivity index (χ2n) is 3.36. The van der Waals surface area contributed by atoms with Gasteiger partial charge in [0.15, 0.2) is 0 Å². The van der Waals surface area contributed by atoms with Gasteiger partial charge in [0.2, 0.25) is 5.91 Å². The largest absolute Gasteiger partial charge is 0.478 e. The van der Waals surface area contributed by atoms with Crippen molar-refractivity contribution < 1.29 is 27.9 Å². The third-order valence-electron chi connectivity index (χ3n) is 1.94. The van der Waals surface area contributed by atoms with Crippen molar-refractivity contribution in [2.24, 2.45) is 0 Å². The first kappa shape index (κ1) is 14.5. The Kier molecular flexibility index (Phi) is 4.00. The maximum Gasteiger partial charge on any atom is 0.418 e. The zero-order chi connectivity index (χ0) is 14.1. The molecule has 0 atom stereocenters. The first-order chi connectivity index (χ1) is 8.12. The lowest BCUT2D eigenvalue weighted by molar-refractivity contribution is -0.137. The van der Waals surface area contributed by atoms with Crippen LogP contribution in [0.2, 0.25) is 0 Å². The summed E-state index contributed by atoms with van der Waals surface area (Å²) in [6.07, 6.45) is -4.77. The van der Waals surface area contributed by atoms with Crippen molar-refractivity contribution in [2.75, 3.05) is 5.32 Å². The summed E-state index contributed by atoms with van der Waals surface area (Å²) in [6, 6.07) is 1.70. The maximum atomic E-state index is 12.8. The molecule has 0 fully saturated rings. The average molecular weight is 326 g/mol. The molecular formula is C10H7BrF3NO3. The molecule has 4 nitrogen and oxygen atoms in total. The molecule has 0 saturated heterocycles. The van der Waals surface area contributed by atoms with E-state index in [0.29, 0.717) is 6.07 Å². The predicted molar refractivity (Wildman–Crippen MR) is 60.4 cm³/mol. The number of halogens is 4. The van der Waals surface area contributed by atoms with Crippen LogP contribution in [0.3, 0.4) is 0 Å². The van der Waals surface area contributed by atoms with Crippen LogP contribution in [-0.2, 0) is 11.0 Å². The highest BCUT2D eigenvalue weighted by molar-refractivity contribution is 9.10. The number of carboxylic acids is 1. The third kappa shape index (κ3) is 3.22. The Hall–Kier alpha value is -1.57. The molecule has 0 spiro atoms. The van der Waals surface area contributed by atoms with Crippen LogP contribution < -0.4 is 5.32 Å². The molecule has 0 bridgehead atoms. The van der Waals surface area contributed by atoms with Crippen LogP contribution in [0.5, 0.6) is 0 Å². The second kappa shape index (κ2) is 4.97. The minimum Gasteiger partial charge on any atom is -0.478 e. The first-order valence-corrected chi connectivity index (χ1v) is 5.34. The van der Waals surface area contributed by atoms with Gasteiger partial charge in [0.05, 0.1) is 16.8 Å². The van der Waals surface area contributed by atoms with Crippen molar-refractivity contribution in [1.82, 2.24) is 0 Å². The van der Waals surface area contributed by atoms with Gasteiger partial charge in [-0.2, -0.15) is 13.2 Å². The van der Waals surface area contributed by atoms with Gasteiger partial charge in [-0.25, -0.2) is 4.79 Å². The minimum absolute atomic E-state index is 0.0404. The molecule has 1 amide bonds. The minimum atomic E-state index is -4.77. The molecule has 2 N–H and O–H groups in total. The van der Waals surface area contributed by atoms with Crippen molar-refractivity contribution in [2.45, 2.75) is 13.1 Å². The molecule has 0 aliphatic carbocycles. The van der Waals surface area contributed by atoms with Crippen molar-refractivity contribution >= 4 is 33.5 Å². The molecule has 0 heterocycles. The summed E-state index contributed by atoms with van der Waals surface area (Å²) >= 11 is 2.80. The molecule has 8 heteroatoms. The van der Waals surface area contributed by atoms with E-state index in [4.69, 9.17) is 5.11 Å². The highest BCUT2D eigenvalue weighted by Crippen LogP contribution is 2.38. The Labute approximate surface area is 108 Å². The van der Waals surface area contributed by atoms with E-state index in [-0.39, 0.29) is 4.47 Å². The van der Waals surface area contributed by atoms with Crippen molar-refractivity contribution in [1.29, 1.82) is 0 Å². The second-order valence-corrected chi connectivity index (χ2v) is 4.28. The van der Waals surface area contributed by atoms with Gasteiger partial charge >= 0.3 is 12.1 Å². The van der Waals surface area contributed by atoms with Gasteiger partial charge < -0.3 is 10.4 Å². The number of alkyl halides is 3. The quantitative estimate of drug-likeness (QED) is 0.877. The van der Waals surface area contributed by atoms with E-state index >= 15 is 0 Å². The van der Waals surface area contributed by atoms with E-state index in [1.54, 1.807) is 0 Å². The summed E-state index contributed by atoms with van der Waals surface area (Å²) in [5.74, 6) is -2.35. The number of rotatable bonds is 2. The van der Waals surface area contributed by atoms with Crippen LogP contribution in [0.1, 0.15) is 22.8 Å². The van der Waals surface area contributed by atoms with Gasteiger partial charge in [0.25, 0.3) is 0 Å². The van der Waals surface area contributed by atoms with Gasteiger partial charge in [-0.15, -0.1) is 0 Å². The molecule has 0 saturated carbocycles. The smallest absolute Gasteiger partial charge is 0.418 e. The number of aromatic carboxylic acids is 1. The van der Waals surface area contributed by atoms with E-state index in [1.807, 2.05) is 5.32 Å². The van der Waals surface area contributed by atoms with E-state index in [2.05, 4.69) is 15.9 Å². The number of anilines is 1. The molecule has 1 aromatic carbocycles. The Balaban J connectivity index is 3.57. The fraction of sp³-hybridized carbons (Fsp3) is 0.200. The van der Waals surface area contributed by atoms with Crippen LogP contribution in [0.25, 0.3) is 0 Å². The Morgan fingerprint density at radius 1 is 1.33 bits per heavy atom. The Morgan fingerprint density at radius 3 is 2.28 bits per heavy atom. The number of hydrogen-bond donors (Lipinski definition) is 2. The van der Waals surface area contributed by atoms with Crippen LogP contribution in [0.4, 0.5) is 18.9 Å². The highest BCUT2D eigenvalue weighted by atomic mass is 79.9. The normalized spacial score (nSPS) is 11.2. The molecule has 0 radical (unpaired) electrons. The van der Waals surface area contributed by atoms with E-state index in [0.717, 1.165) is 13.0 Å².